The summed E-state index contributed by atoms with van der Waals surface area (Å²) in [6.45, 7) is 0.961. The second-order valence-corrected chi connectivity index (χ2v) is 5.24. The van der Waals surface area contributed by atoms with Crippen molar-refractivity contribution in [3.8, 4) is 0 Å². The van der Waals surface area contributed by atoms with E-state index in [9.17, 15) is 9.59 Å². The maximum Gasteiger partial charge on any atom is 0.315 e. The summed E-state index contributed by atoms with van der Waals surface area (Å²) in [6.07, 6.45) is 0.438. The van der Waals surface area contributed by atoms with E-state index in [0.29, 0.717) is 19.5 Å². The molecule has 6 nitrogen and oxygen atoms in total. The average molecular weight is 244 g/mol. The highest BCUT2D eigenvalue weighted by molar-refractivity contribution is 8.00. The minimum Gasteiger partial charge on any atom is -0.355 e. The Morgan fingerprint density at radius 3 is 3.12 bits per heavy atom. The number of carbonyl (C=O) groups excluding carboxylic acids is 2. The molecule has 0 saturated carbocycles. The van der Waals surface area contributed by atoms with Crippen LogP contribution in [0.4, 0.5) is 4.79 Å². The molecule has 2 fully saturated rings. The van der Waals surface area contributed by atoms with Gasteiger partial charge in [-0.3, -0.25) is 4.79 Å². The van der Waals surface area contributed by atoms with E-state index in [0.717, 1.165) is 5.75 Å². The number of amides is 3. The predicted molar refractivity (Wildman–Crippen MR) is 62.2 cm³/mol. The topological polar surface area (TPSA) is 96.2 Å². The average Bonchev–Trinajstić information content (AvgIpc) is 2.76. The van der Waals surface area contributed by atoms with Gasteiger partial charge in [-0.1, -0.05) is 0 Å². The Hall–Kier alpha value is -0.950. The molecule has 90 valence electrons. The van der Waals surface area contributed by atoms with Crippen molar-refractivity contribution in [1.29, 1.82) is 0 Å². The fourth-order valence-corrected chi connectivity index (χ4v) is 3.51. The van der Waals surface area contributed by atoms with Crippen molar-refractivity contribution in [2.24, 2.45) is 5.73 Å². The van der Waals surface area contributed by atoms with Gasteiger partial charge in [0.1, 0.15) is 0 Å². The first kappa shape index (κ1) is 11.5. The summed E-state index contributed by atoms with van der Waals surface area (Å²) in [5.41, 5.74) is 5.30. The van der Waals surface area contributed by atoms with Crippen LogP contribution in [0.15, 0.2) is 0 Å². The molecule has 0 radical (unpaired) electrons. The van der Waals surface area contributed by atoms with Crippen LogP contribution >= 0.6 is 11.8 Å². The molecule has 5 N–H and O–H groups in total. The van der Waals surface area contributed by atoms with Crippen molar-refractivity contribution in [3.63, 3.8) is 0 Å². The fourth-order valence-electron chi connectivity index (χ4n) is 2.03. The van der Waals surface area contributed by atoms with Gasteiger partial charge in [0, 0.05) is 30.5 Å². The van der Waals surface area contributed by atoms with Gasteiger partial charge in [0.05, 0.1) is 12.1 Å². The summed E-state index contributed by atoms with van der Waals surface area (Å²) in [6, 6.07) is 0.133. The summed E-state index contributed by atoms with van der Waals surface area (Å²) in [7, 11) is 0. The lowest BCUT2D eigenvalue weighted by Crippen LogP contribution is -2.40. The highest BCUT2D eigenvalue weighted by Gasteiger charge is 2.43. The van der Waals surface area contributed by atoms with Gasteiger partial charge in [-0.25, -0.2) is 4.79 Å². The van der Waals surface area contributed by atoms with E-state index in [1.807, 2.05) is 0 Å². The van der Waals surface area contributed by atoms with Crippen molar-refractivity contribution in [2.45, 2.75) is 23.8 Å². The molecule has 0 aromatic heterocycles. The van der Waals surface area contributed by atoms with E-state index in [2.05, 4.69) is 16.0 Å². The Labute approximate surface area is 98.1 Å². The molecule has 0 spiro atoms. The first-order valence-corrected chi connectivity index (χ1v) is 6.41. The molecule has 0 aromatic rings. The summed E-state index contributed by atoms with van der Waals surface area (Å²) in [4.78, 5) is 22.6. The Balaban J connectivity index is 1.82. The van der Waals surface area contributed by atoms with Crippen LogP contribution in [-0.4, -0.2) is 48.1 Å². The normalized spacial score (nSPS) is 31.8. The third-order valence-electron chi connectivity index (χ3n) is 2.79. The zero-order chi connectivity index (χ0) is 11.5. The SMILES string of the molecule is NCCNC(=O)CC1SCC2NC(=O)NC21. The number of urea groups is 1. The summed E-state index contributed by atoms with van der Waals surface area (Å²) >= 11 is 1.73. The Morgan fingerprint density at radius 2 is 2.38 bits per heavy atom. The van der Waals surface area contributed by atoms with Gasteiger partial charge in [-0.2, -0.15) is 11.8 Å². The highest BCUT2D eigenvalue weighted by atomic mass is 32.2. The lowest BCUT2D eigenvalue weighted by Gasteiger charge is -2.16. The molecule has 0 aromatic carbocycles. The van der Waals surface area contributed by atoms with Gasteiger partial charge in [0.2, 0.25) is 5.91 Å². The molecule has 0 bridgehead atoms. The summed E-state index contributed by atoms with van der Waals surface area (Å²) in [5.74, 6) is 0.878. The zero-order valence-electron chi connectivity index (χ0n) is 8.86. The zero-order valence-corrected chi connectivity index (χ0v) is 9.68. The maximum absolute atomic E-state index is 11.5. The first-order valence-electron chi connectivity index (χ1n) is 5.36. The standard InChI is InChI=1S/C9H16N4O2S/c10-1-2-11-7(14)3-6-8-5(4-16-6)12-9(15)13-8/h5-6,8H,1-4,10H2,(H,11,14)(H2,12,13,15). The second-order valence-electron chi connectivity index (χ2n) is 3.96. The van der Waals surface area contributed by atoms with Gasteiger partial charge in [-0.15, -0.1) is 0 Å². The first-order chi connectivity index (χ1) is 7.70. The number of hydrogen-bond acceptors (Lipinski definition) is 4. The van der Waals surface area contributed by atoms with E-state index in [-0.39, 0.29) is 29.3 Å². The van der Waals surface area contributed by atoms with Gasteiger partial charge in [0.15, 0.2) is 0 Å². The van der Waals surface area contributed by atoms with Crippen molar-refractivity contribution in [3.05, 3.63) is 0 Å². The molecular formula is C9H16N4O2S. The number of hydrogen-bond donors (Lipinski definition) is 4. The predicted octanol–water partition coefficient (Wildman–Crippen LogP) is -1.38. The van der Waals surface area contributed by atoms with Crippen LogP contribution in [0.3, 0.4) is 0 Å². The number of nitrogens with two attached hydrogens (primary N) is 1. The van der Waals surface area contributed by atoms with Crippen LogP contribution in [-0.2, 0) is 4.79 Å². The largest absolute Gasteiger partial charge is 0.355 e. The van der Waals surface area contributed by atoms with E-state index < -0.39 is 0 Å². The van der Waals surface area contributed by atoms with E-state index in [1.54, 1.807) is 11.8 Å². The molecule has 7 heteroatoms. The molecule has 16 heavy (non-hydrogen) atoms. The molecule has 2 heterocycles. The second kappa shape index (κ2) is 4.92. The van der Waals surface area contributed by atoms with E-state index in [1.165, 1.54) is 0 Å². The maximum atomic E-state index is 11.5. The third kappa shape index (κ3) is 2.41. The van der Waals surface area contributed by atoms with Crippen LogP contribution in [0.1, 0.15) is 6.42 Å². The van der Waals surface area contributed by atoms with Crippen LogP contribution in [0.5, 0.6) is 0 Å². The fraction of sp³-hybridized carbons (Fsp3) is 0.778. The van der Waals surface area contributed by atoms with E-state index >= 15 is 0 Å². The van der Waals surface area contributed by atoms with Gasteiger partial charge in [-0.05, 0) is 0 Å². The molecule has 3 atom stereocenters. The molecule has 2 saturated heterocycles. The number of thioether (sulfide) groups is 1. The van der Waals surface area contributed by atoms with Crippen molar-refractivity contribution >= 4 is 23.7 Å². The number of nitrogens with one attached hydrogen (secondary N) is 3. The molecule has 2 aliphatic heterocycles. The highest BCUT2D eigenvalue weighted by Crippen LogP contribution is 2.31. The van der Waals surface area contributed by atoms with Crippen molar-refractivity contribution < 1.29 is 9.59 Å². The smallest absolute Gasteiger partial charge is 0.315 e. The van der Waals surface area contributed by atoms with Gasteiger partial charge >= 0.3 is 6.03 Å². The van der Waals surface area contributed by atoms with Gasteiger partial charge < -0.3 is 21.7 Å². The van der Waals surface area contributed by atoms with Crippen LogP contribution in [0, 0.1) is 0 Å². The van der Waals surface area contributed by atoms with Crippen molar-refractivity contribution in [2.75, 3.05) is 18.8 Å². The number of carbonyl (C=O) groups is 2. The van der Waals surface area contributed by atoms with Crippen LogP contribution < -0.4 is 21.7 Å². The number of rotatable bonds is 4. The van der Waals surface area contributed by atoms with Gasteiger partial charge in [0.25, 0.3) is 0 Å². The minimum atomic E-state index is -0.123. The Bertz CT molecular complexity index is 299. The van der Waals surface area contributed by atoms with E-state index in [4.69, 9.17) is 5.73 Å². The minimum absolute atomic E-state index is 0.00440. The van der Waals surface area contributed by atoms with Crippen LogP contribution in [0.2, 0.25) is 0 Å². The monoisotopic (exact) mass is 244 g/mol. The molecule has 0 aliphatic carbocycles. The van der Waals surface area contributed by atoms with Crippen LogP contribution in [0.25, 0.3) is 0 Å². The molecule has 3 unspecified atom stereocenters. The van der Waals surface area contributed by atoms with Crippen molar-refractivity contribution in [1.82, 2.24) is 16.0 Å². The molecular weight excluding hydrogens is 228 g/mol. The Kier molecular flexibility index (Phi) is 3.55. The molecule has 2 aliphatic rings. The lowest BCUT2D eigenvalue weighted by atomic mass is 10.1. The molecule has 3 amide bonds. The third-order valence-corrected chi connectivity index (χ3v) is 4.23. The number of fused-ring (bicyclic) bond motifs is 1. The summed E-state index contributed by atoms with van der Waals surface area (Å²) < 4.78 is 0. The summed E-state index contributed by atoms with van der Waals surface area (Å²) in [5, 5.41) is 8.60. The lowest BCUT2D eigenvalue weighted by molar-refractivity contribution is -0.121. The quantitative estimate of drug-likeness (QED) is 0.458. The Morgan fingerprint density at radius 1 is 1.56 bits per heavy atom. The molecule has 2 rings (SSSR count).